The summed E-state index contributed by atoms with van der Waals surface area (Å²) in [4.78, 5) is 0.416. The van der Waals surface area contributed by atoms with Gasteiger partial charge in [-0.1, -0.05) is 13.8 Å². The molecule has 1 aromatic heterocycles. The fourth-order valence-corrected chi connectivity index (χ4v) is 3.74. The van der Waals surface area contributed by atoms with Crippen LogP contribution in [0.25, 0.3) is 0 Å². The van der Waals surface area contributed by atoms with Crippen molar-refractivity contribution >= 4 is 10.0 Å². The van der Waals surface area contributed by atoms with Crippen molar-refractivity contribution in [3.63, 3.8) is 0 Å². The second-order valence-corrected chi connectivity index (χ2v) is 7.89. The molecule has 1 aromatic rings. The van der Waals surface area contributed by atoms with Crippen LogP contribution in [0.1, 0.15) is 45.2 Å². The van der Waals surface area contributed by atoms with E-state index in [2.05, 4.69) is 16.8 Å². The SMILES string of the molecule is CCCN(C)S(=O)(=O)c1cc(CNC2CC2)n(CCC)c1. The zero-order chi connectivity index (χ0) is 15.5. The van der Waals surface area contributed by atoms with Crippen LogP contribution in [0.4, 0.5) is 0 Å². The molecule has 1 N–H and O–H groups in total. The van der Waals surface area contributed by atoms with Crippen LogP contribution >= 0.6 is 0 Å². The normalized spacial score (nSPS) is 15.8. The molecule has 1 aliphatic carbocycles. The quantitative estimate of drug-likeness (QED) is 0.760. The molecular formula is C15H27N3O2S. The van der Waals surface area contributed by atoms with Crippen molar-refractivity contribution in [1.82, 2.24) is 14.2 Å². The lowest BCUT2D eigenvalue weighted by Gasteiger charge is -2.14. The molecule has 0 atom stereocenters. The lowest BCUT2D eigenvalue weighted by atomic mass is 10.4. The summed E-state index contributed by atoms with van der Waals surface area (Å²) in [7, 11) is -1.71. The van der Waals surface area contributed by atoms with Gasteiger partial charge in [-0.3, -0.25) is 0 Å². The highest BCUT2D eigenvalue weighted by atomic mass is 32.2. The zero-order valence-corrected chi connectivity index (χ0v) is 14.1. The fraction of sp³-hybridized carbons (Fsp3) is 0.733. The maximum atomic E-state index is 12.5. The smallest absolute Gasteiger partial charge is 0.244 e. The molecule has 1 aliphatic rings. The predicted octanol–water partition coefficient (Wildman–Crippen LogP) is 2.18. The van der Waals surface area contributed by atoms with Crippen molar-refractivity contribution in [3.05, 3.63) is 18.0 Å². The van der Waals surface area contributed by atoms with E-state index in [1.54, 1.807) is 13.2 Å². The van der Waals surface area contributed by atoms with Crippen LogP contribution in [-0.2, 0) is 23.1 Å². The van der Waals surface area contributed by atoms with Crippen molar-refractivity contribution in [2.45, 2.75) is 63.6 Å². The first kappa shape index (κ1) is 16.5. The molecule has 0 aliphatic heterocycles. The minimum atomic E-state index is -3.36. The van der Waals surface area contributed by atoms with E-state index in [1.165, 1.54) is 17.1 Å². The van der Waals surface area contributed by atoms with E-state index in [0.717, 1.165) is 31.6 Å². The molecule has 0 radical (unpaired) electrons. The van der Waals surface area contributed by atoms with E-state index in [1.807, 2.05) is 13.0 Å². The molecule has 0 unspecified atom stereocenters. The summed E-state index contributed by atoms with van der Waals surface area (Å²) in [5, 5.41) is 3.46. The van der Waals surface area contributed by atoms with Crippen molar-refractivity contribution in [2.24, 2.45) is 0 Å². The molecular weight excluding hydrogens is 286 g/mol. The van der Waals surface area contributed by atoms with Crippen LogP contribution in [0.3, 0.4) is 0 Å². The molecule has 1 saturated carbocycles. The third-order valence-corrected chi connectivity index (χ3v) is 5.64. The average Bonchev–Trinajstić information content (AvgIpc) is 3.18. The number of sulfonamides is 1. The van der Waals surface area contributed by atoms with Gasteiger partial charge >= 0.3 is 0 Å². The summed E-state index contributed by atoms with van der Waals surface area (Å²) >= 11 is 0. The van der Waals surface area contributed by atoms with Crippen molar-refractivity contribution < 1.29 is 8.42 Å². The molecule has 1 fully saturated rings. The Balaban J connectivity index is 2.20. The number of nitrogens with one attached hydrogen (secondary N) is 1. The topological polar surface area (TPSA) is 54.3 Å². The van der Waals surface area contributed by atoms with E-state index >= 15 is 0 Å². The van der Waals surface area contributed by atoms with Crippen LogP contribution in [0, 0.1) is 0 Å². The van der Waals surface area contributed by atoms with Gasteiger partial charge < -0.3 is 9.88 Å². The molecule has 21 heavy (non-hydrogen) atoms. The molecule has 0 aromatic carbocycles. The van der Waals surface area contributed by atoms with Gasteiger partial charge in [0.1, 0.15) is 4.90 Å². The van der Waals surface area contributed by atoms with Crippen LogP contribution in [0.2, 0.25) is 0 Å². The van der Waals surface area contributed by atoms with Gasteiger partial charge in [0.05, 0.1) is 0 Å². The minimum absolute atomic E-state index is 0.416. The Labute approximate surface area is 128 Å². The summed E-state index contributed by atoms with van der Waals surface area (Å²) in [6.07, 6.45) is 6.07. The number of rotatable bonds is 9. The van der Waals surface area contributed by atoms with E-state index in [9.17, 15) is 8.42 Å². The zero-order valence-electron chi connectivity index (χ0n) is 13.3. The number of aromatic nitrogens is 1. The second kappa shape index (κ2) is 6.94. The first-order valence-electron chi connectivity index (χ1n) is 7.87. The Morgan fingerprint density at radius 1 is 1.33 bits per heavy atom. The van der Waals surface area contributed by atoms with Crippen molar-refractivity contribution in [2.75, 3.05) is 13.6 Å². The van der Waals surface area contributed by atoms with Crippen LogP contribution < -0.4 is 5.32 Å². The van der Waals surface area contributed by atoms with Crippen LogP contribution in [0.5, 0.6) is 0 Å². The van der Waals surface area contributed by atoms with E-state index < -0.39 is 10.0 Å². The summed E-state index contributed by atoms with van der Waals surface area (Å²) < 4.78 is 28.6. The van der Waals surface area contributed by atoms with Crippen LogP contribution in [-0.4, -0.2) is 36.9 Å². The van der Waals surface area contributed by atoms with E-state index in [0.29, 0.717) is 17.5 Å². The summed E-state index contributed by atoms with van der Waals surface area (Å²) in [5.74, 6) is 0. The molecule has 1 heterocycles. The van der Waals surface area contributed by atoms with Gasteiger partial charge in [0.15, 0.2) is 0 Å². The van der Waals surface area contributed by atoms with Crippen molar-refractivity contribution in [1.29, 1.82) is 0 Å². The van der Waals surface area contributed by atoms with Gasteiger partial charge in [0.25, 0.3) is 0 Å². The molecule has 2 rings (SSSR count). The number of nitrogens with zero attached hydrogens (tertiary/aromatic N) is 2. The molecule has 0 saturated heterocycles. The number of hydrogen-bond acceptors (Lipinski definition) is 3. The van der Waals surface area contributed by atoms with Crippen LogP contribution in [0.15, 0.2) is 17.2 Å². The Kier molecular flexibility index (Phi) is 5.46. The highest BCUT2D eigenvalue weighted by Crippen LogP contribution is 2.22. The molecule has 0 amide bonds. The Morgan fingerprint density at radius 2 is 2.05 bits per heavy atom. The van der Waals surface area contributed by atoms with E-state index in [4.69, 9.17) is 0 Å². The van der Waals surface area contributed by atoms with Gasteiger partial charge in [0, 0.05) is 44.6 Å². The number of hydrogen-bond donors (Lipinski definition) is 1. The Morgan fingerprint density at radius 3 is 2.62 bits per heavy atom. The molecule has 5 nitrogen and oxygen atoms in total. The third-order valence-electron chi connectivity index (χ3n) is 3.82. The van der Waals surface area contributed by atoms with Gasteiger partial charge in [-0.15, -0.1) is 0 Å². The standard InChI is InChI=1S/C15H27N3O2S/c1-4-8-17(3)21(19,20)15-10-14(11-16-13-6-7-13)18(12-15)9-5-2/h10,12-13,16H,4-9,11H2,1-3H3. The molecule has 6 heteroatoms. The first-order valence-corrected chi connectivity index (χ1v) is 9.31. The third kappa shape index (κ3) is 4.08. The maximum absolute atomic E-state index is 12.5. The summed E-state index contributed by atoms with van der Waals surface area (Å²) in [6.45, 7) is 6.25. The average molecular weight is 313 g/mol. The lowest BCUT2D eigenvalue weighted by Crippen LogP contribution is -2.27. The Bertz CT molecular complexity index is 561. The lowest BCUT2D eigenvalue weighted by molar-refractivity contribution is 0.468. The molecule has 0 bridgehead atoms. The summed E-state index contributed by atoms with van der Waals surface area (Å²) in [6, 6.07) is 2.45. The fourth-order valence-electron chi connectivity index (χ4n) is 2.41. The van der Waals surface area contributed by atoms with Crippen molar-refractivity contribution in [3.8, 4) is 0 Å². The highest BCUT2D eigenvalue weighted by Gasteiger charge is 2.24. The molecule has 120 valence electrons. The largest absolute Gasteiger partial charge is 0.349 e. The minimum Gasteiger partial charge on any atom is -0.349 e. The van der Waals surface area contributed by atoms with E-state index in [-0.39, 0.29) is 0 Å². The van der Waals surface area contributed by atoms with Gasteiger partial charge in [-0.05, 0) is 31.7 Å². The number of aryl methyl sites for hydroxylation is 1. The monoisotopic (exact) mass is 313 g/mol. The van der Waals surface area contributed by atoms with Gasteiger partial charge in [0.2, 0.25) is 10.0 Å². The predicted molar refractivity (Wildman–Crippen MR) is 84.7 cm³/mol. The summed E-state index contributed by atoms with van der Waals surface area (Å²) in [5.41, 5.74) is 1.06. The maximum Gasteiger partial charge on any atom is 0.244 e. The Hall–Kier alpha value is -0.850. The molecule has 0 spiro atoms. The highest BCUT2D eigenvalue weighted by molar-refractivity contribution is 7.89. The van der Waals surface area contributed by atoms with Gasteiger partial charge in [-0.25, -0.2) is 12.7 Å². The second-order valence-electron chi connectivity index (χ2n) is 5.84. The van der Waals surface area contributed by atoms with Gasteiger partial charge in [-0.2, -0.15) is 0 Å². The first-order chi connectivity index (χ1) is 9.98.